The first-order valence-electron chi connectivity index (χ1n) is 6.88. The van der Waals surface area contributed by atoms with Crippen molar-refractivity contribution in [2.24, 2.45) is 0 Å². The molecule has 0 radical (unpaired) electrons. The van der Waals surface area contributed by atoms with Crippen LogP contribution in [0.1, 0.15) is 0 Å². The van der Waals surface area contributed by atoms with Gasteiger partial charge < -0.3 is 13.9 Å². The third-order valence-corrected chi connectivity index (χ3v) is 4.27. The zero-order chi connectivity index (χ0) is 16.4. The first-order chi connectivity index (χ1) is 11.2. The summed E-state index contributed by atoms with van der Waals surface area (Å²) in [4.78, 5) is 17.8. The number of fused-ring (bicyclic) bond motifs is 1. The summed E-state index contributed by atoms with van der Waals surface area (Å²) < 4.78 is 15.9. The van der Waals surface area contributed by atoms with Crippen molar-refractivity contribution in [2.45, 2.75) is 4.90 Å². The molecule has 0 amide bonds. The summed E-state index contributed by atoms with van der Waals surface area (Å²) in [7, 11) is 3.06. The van der Waals surface area contributed by atoms with Crippen LogP contribution in [-0.2, 0) is 0 Å². The zero-order valence-electron chi connectivity index (χ0n) is 13.0. The van der Waals surface area contributed by atoms with E-state index in [-0.39, 0.29) is 0 Å². The molecule has 3 rings (SSSR count). The lowest BCUT2D eigenvalue weighted by atomic mass is 10.2. The molecule has 0 spiro atoms. The predicted octanol–water partition coefficient (Wildman–Crippen LogP) is 3.59. The van der Waals surface area contributed by atoms with Crippen molar-refractivity contribution in [2.75, 3.05) is 20.5 Å². The number of aromatic nitrogens is 1. The predicted molar refractivity (Wildman–Crippen MR) is 90.6 cm³/mol. The summed E-state index contributed by atoms with van der Waals surface area (Å²) in [6.45, 7) is 0. The number of rotatable bonds is 4. The van der Waals surface area contributed by atoms with Gasteiger partial charge in [0.2, 0.25) is 5.89 Å². The number of thioether (sulfide) groups is 1. The van der Waals surface area contributed by atoms with Gasteiger partial charge in [-0.25, -0.2) is 9.78 Å². The van der Waals surface area contributed by atoms with Crippen molar-refractivity contribution in [1.29, 1.82) is 0 Å². The Bertz CT molecular complexity index is 920. The average molecular weight is 329 g/mol. The summed E-state index contributed by atoms with van der Waals surface area (Å²) in [6, 6.07) is 10.9. The van der Waals surface area contributed by atoms with Crippen molar-refractivity contribution in [3.8, 4) is 23.0 Å². The molecular weight excluding hydrogens is 314 g/mol. The minimum Gasteiger partial charge on any atom is -0.493 e. The standard InChI is InChI=1S/C17H15NO4S/c1-20-13-8-11-12(9-14(13)21-2)18-16(22-17(11)19)10-6-4-5-7-15(10)23-3/h4-9H,1-3H3. The Balaban J connectivity index is 2.27. The molecule has 0 aliphatic rings. The summed E-state index contributed by atoms with van der Waals surface area (Å²) in [5, 5.41) is 0.355. The van der Waals surface area contributed by atoms with E-state index in [1.54, 1.807) is 31.0 Å². The van der Waals surface area contributed by atoms with Crippen LogP contribution in [0.4, 0.5) is 0 Å². The number of ether oxygens (including phenoxy) is 2. The first kappa shape index (κ1) is 15.4. The fraction of sp³-hybridized carbons (Fsp3) is 0.176. The van der Waals surface area contributed by atoms with Gasteiger partial charge in [0.05, 0.1) is 30.7 Å². The topological polar surface area (TPSA) is 61.6 Å². The van der Waals surface area contributed by atoms with E-state index < -0.39 is 5.63 Å². The second-order valence-electron chi connectivity index (χ2n) is 4.73. The van der Waals surface area contributed by atoms with Crippen molar-refractivity contribution in [3.05, 3.63) is 46.8 Å². The molecule has 6 heteroatoms. The Morgan fingerprint density at radius 1 is 1.09 bits per heavy atom. The van der Waals surface area contributed by atoms with Crippen LogP contribution in [0.25, 0.3) is 22.4 Å². The van der Waals surface area contributed by atoms with Crippen LogP contribution >= 0.6 is 11.8 Å². The molecule has 0 aliphatic carbocycles. The minimum atomic E-state index is -0.457. The largest absolute Gasteiger partial charge is 0.493 e. The van der Waals surface area contributed by atoms with Gasteiger partial charge in [0.15, 0.2) is 11.5 Å². The van der Waals surface area contributed by atoms with Gasteiger partial charge in [-0.15, -0.1) is 11.8 Å². The van der Waals surface area contributed by atoms with Crippen LogP contribution in [0.2, 0.25) is 0 Å². The third kappa shape index (κ3) is 2.77. The van der Waals surface area contributed by atoms with Crippen LogP contribution in [0.5, 0.6) is 11.5 Å². The van der Waals surface area contributed by atoms with Crippen LogP contribution in [0.3, 0.4) is 0 Å². The average Bonchev–Trinajstić information content (AvgIpc) is 2.60. The number of hydrogen-bond acceptors (Lipinski definition) is 6. The summed E-state index contributed by atoms with van der Waals surface area (Å²) in [5.74, 6) is 1.27. The fourth-order valence-corrected chi connectivity index (χ4v) is 2.93. The van der Waals surface area contributed by atoms with Crippen molar-refractivity contribution < 1.29 is 13.9 Å². The Morgan fingerprint density at radius 2 is 1.78 bits per heavy atom. The van der Waals surface area contributed by atoms with Gasteiger partial charge in [-0.2, -0.15) is 0 Å². The number of methoxy groups -OCH3 is 2. The number of benzene rings is 2. The molecule has 1 heterocycles. The molecule has 3 aromatic rings. The lowest BCUT2D eigenvalue weighted by Crippen LogP contribution is -2.04. The summed E-state index contributed by atoms with van der Waals surface area (Å²) in [5.41, 5.74) is 0.834. The lowest BCUT2D eigenvalue weighted by Gasteiger charge is -2.09. The van der Waals surface area contributed by atoms with E-state index >= 15 is 0 Å². The highest BCUT2D eigenvalue weighted by molar-refractivity contribution is 7.98. The van der Waals surface area contributed by atoms with Crippen molar-refractivity contribution in [1.82, 2.24) is 4.98 Å². The summed E-state index contributed by atoms with van der Waals surface area (Å²) >= 11 is 1.57. The molecule has 0 atom stereocenters. The van der Waals surface area contributed by atoms with E-state index in [9.17, 15) is 4.79 Å². The van der Waals surface area contributed by atoms with E-state index in [0.29, 0.717) is 28.3 Å². The van der Waals surface area contributed by atoms with Crippen molar-refractivity contribution in [3.63, 3.8) is 0 Å². The van der Waals surface area contributed by atoms with E-state index in [0.717, 1.165) is 10.5 Å². The molecule has 0 saturated carbocycles. The van der Waals surface area contributed by atoms with E-state index in [1.165, 1.54) is 7.11 Å². The van der Waals surface area contributed by atoms with Crippen LogP contribution in [-0.4, -0.2) is 25.5 Å². The van der Waals surface area contributed by atoms with E-state index in [1.807, 2.05) is 30.5 Å². The van der Waals surface area contributed by atoms with Crippen molar-refractivity contribution >= 4 is 22.7 Å². The minimum absolute atomic E-state index is 0.291. The van der Waals surface area contributed by atoms with Gasteiger partial charge in [-0.3, -0.25) is 0 Å². The molecule has 0 saturated heterocycles. The van der Waals surface area contributed by atoms with Crippen LogP contribution < -0.4 is 15.1 Å². The summed E-state index contributed by atoms with van der Waals surface area (Å²) in [6.07, 6.45) is 1.96. The normalized spacial score (nSPS) is 10.7. The Morgan fingerprint density at radius 3 is 2.48 bits per heavy atom. The lowest BCUT2D eigenvalue weighted by molar-refractivity contribution is 0.355. The highest BCUT2D eigenvalue weighted by atomic mass is 32.2. The second-order valence-corrected chi connectivity index (χ2v) is 5.58. The second kappa shape index (κ2) is 6.34. The molecule has 23 heavy (non-hydrogen) atoms. The number of nitrogens with zero attached hydrogens (tertiary/aromatic N) is 1. The Kier molecular flexibility index (Phi) is 4.25. The molecule has 0 N–H and O–H groups in total. The molecule has 0 unspecified atom stereocenters. The highest BCUT2D eigenvalue weighted by Crippen LogP contribution is 2.33. The third-order valence-electron chi connectivity index (χ3n) is 3.47. The zero-order valence-corrected chi connectivity index (χ0v) is 13.8. The molecule has 0 fully saturated rings. The van der Waals surface area contributed by atoms with Gasteiger partial charge in [0, 0.05) is 17.0 Å². The molecule has 1 aromatic heterocycles. The first-order valence-corrected chi connectivity index (χ1v) is 8.10. The quantitative estimate of drug-likeness (QED) is 0.682. The Labute approximate surface area is 137 Å². The van der Waals surface area contributed by atoms with E-state index in [2.05, 4.69) is 4.98 Å². The maximum Gasteiger partial charge on any atom is 0.347 e. The SMILES string of the molecule is COc1cc2nc(-c3ccccc3SC)oc(=O)c2cc1OC. The smallest absolute Gasteiger partial charge is 0.347 e. The van der Waals surface area contributed by atoms with Gasteiger partial charge in [0.1, 0.15) is 0 Å². The van der Waals surface area contributed by atoms with Gasteiger partial charge in [-0.1, -0.05) is 12.1 Å². The number of hydrogen-bond donors (Lipinski definition) is 0. The maximum atomic E-state index is 12.3. The Hall–Kier alpha value is -2.47. The van der Waals surface area contributed by atoms with Crippen LogP contribution in [0.15, 0.2) is 50.5 Å². The van der Waals surface area contributed by atoms with E-state index in [4.69, 9.17) is 13.9 Å². The van der Waals surface area contributed by atoms with Gasteiger partial charge >= 0.3 is 5.63 Å². The molecule has 5 nitrogen and oxygen atoms in total. The molecule has 0 bridgehead atoms. The van der Waals surface area contributed by atoms with Gasteiger partial charge in [-0.05, 0) is 18.4 Å². The molecule has 0 aliphatic heterocycles. The monoisotopic (exact) mass is 329 g/mol. The van der Waals surface area contributed by atoms with Gasteiger partial charge in [0.25, 0.3) is 0 Å². The molecule has 2 aromatic carbocycles. The molecular formula is C17H15NO4S. The molecule has 118 valence electrons. The fourth-order valence-electron chi connectivity index (χ4n) is 2.34. The maximum absolute atomic E-state index is 12.3. The van der Waals surface area contributed by atoms with Crippen LogP contribution in [0, 0.1) is 0 Å². The highest BCUT2D eigenvalue weighted by Gasteiger charge is 2.15.